The van der Waals surface area contributed by atoms with Crippen LogP contribution in [-0.4, -0.2) is 29.6 Å². The summed E-state index contributed by atoms with van der Waals surface area (Å²) in [7, 11) is 0. The van der Waals surface area contributed by atoms with E-state index >= 15 is 0 Å². The van der Waals surface area contributed by atoms with Crippen LogP contribution in [0.3, 0.4) is 0 Å². The van der Waals surface area contributed by atoms with Crippen LogP contribution in [0.1, 0.15) is 31.7 Å². The highest BCUT2D eigenvalue weighted by Crippen LogP contribution is 2.62. The molecule has 2 amide bonds. The second kappa shape index (κ2) is 8.21. The molecule has 3 heterocycles. The van der Waals surface area contributed by atoms with Gasteiger partial charge in [-0.3, -0.25) is 9.59 Å². The molecule has 3 fully saturated rings. The number of imide groups is 1. The van der Waals surface area contributed by atoms with Gasteiger partial charge in [-0.25, -0.2) is 4.90 Å². The van der Waals surface area contributed by atoms with Gasteiger partial charge < -0.3 is 9.47 Å². The number of nitrogens with zero attached hydrogens (tertiary/aromatic N) is 2. The van der Waals surface area contributed by atoms with Gasteiger partial charge >= 0.3 is 0 Å². The third-order valence-corrected chi connectivity index (χ3v) is 8.77. The zero-order valence-corrected chi connectivity index (χ0v) is 21.0. The molecule has 0 saturated carbocycles. The van der Waals surface area contributed by atoms with E-state index in [9.17, 15) is 14.9 Å². The van der Waals surface area contributed by atoms with Crippen molar-refractivity contribution >= 4 is 51.5 Å². The van der Waals surface area contributed by atoms with Gasteiger partial charge in [-0.05, 0) is 44.0 Å². The lowest BCUT2D eigenvalue weighted by atomic mass is 9.67. The van der Waals surface area contributed by atoms with Crippen molar-refractivity contribution in [3.05, 3.63) is 70.2 Å². The summed E-state index contributed by atoms with van der Waals surface area (Å²) in [6.07, 6.45) is 1.79. The lowest BCUT2D eigenvalue weighted by molar-refractivity contribution is -0.131. The average molecular weight is 521 g/mol. The zero-order chi connectivity index (χ0) is 25.2. The van der Waals surface area contributed by atoms with Crippen LogP contribution >= 0.6 is 23.2 Å². The van der Waals surface area contributed by atoms with Gasteiger partial charge in [0.1, 0.15) is 10.8 Å². The van der Waals surface area contributed by atoms with Crippen molar-refractivity contribution in [3.63, 3.8) is 0 Å². The fourth-order valence-electron chi connectivity index (χ4n) is 6.35. The highest BCUT2D eigenvalue weighted by molar-refractivity contribution is 6.42. The Labute approximate surface area is 218 Å². The Balaban J connectivity index is 1.33. The van der Waals surface area contributed by atoms with E-state index in [-0.39, 0.29) is 18.4 Å². The summed E-state index contributed by atoms with van der Waals surface area (Å²) in [4.78, 5) is 29.1. The van der Waals surface area contributed by atoms with Crippen LogP contribution in [0.15, 0.2) is 54.6 Å². The molecular formula is C28H22Cl2N2O4. The molecule has 0 aromatic heterocycles. The molecule has 0 N–H and O–H groups in total. The minimum atomic E-state index is -0.797. The summed E-state index contributed by atoms with van der Waals surface area (Å²) in [5, 5.41) is 11.7. The molecular weight excluding hydrogens is 499 g/mol. The predicted octanol–water partition coefficient (Wildman–Crippen LogP) is 5.91. The van der Waals surface area contributed by atoms with Gasteiger partial charge in [0.25, 0.3) is 0 Å². The molecule has 6 rings (SSSR count). The lowest BCUT2D eigenvalue weighted by Gasteiger charge is -2.31. The van der Waals surface area contributed by atoms with Gasteiger partial charge in [0.15, 0.2) is 0 Å². The summed E-state index contributed by atoms with van der Waals surface area (Å²) in [5.41, 5.74) is -0.511. The molecule has 0 radical (unpaired) electrons. The van der Waals surface area contributed by atoms with Crippen molar-refractivity contribution in [3.8, 4) is 11.8 Å². The van der Waals surface area contributed by atoms with Crippen LogP contribution in [0.25, 0.3) is 10.8 Å². The minimum absolute atomic E-state index is 0.247. The number of hydrogen-bond acceptors (Lipinski definition) is 5. The normalized spacial score (nSPS) is 28.6. The van der Waals surface area contributed by atoms with Crippen LogP contribution in [0.4, 0.5) is 5.69 Å². The third kappa shape index (κ3) is 3.20. The first-order valence-corrected chi connectivity index (χ1v) is 12.6. The second-order valence-corrected chi connectivity index (χ2v) is 10.7. The van der Waals surface area contributed by atoms with E-state index < -0.39 is 23.0 Å². The van der Waals surface area contributed by atoms with Crippen molar-refractivity contribution in [2.24, 2.45) is 11.8 Å². The average Bonchev–Trinajstić information content (AvgIpc) is 3.45. The number of halogens is 2. The Hall–Kier alpha value is -3.11. The van der Waals surface area contributed by atoms with Crippen molar-refractivity contribution < 1.29 is 19.1 Å². The molecule has 4 atom stereocenters. The highest BCUT2D eigenvalue weighted by atomic mass is 35.5. The van der Waals surface area contributed by atoms with E-state index in [2.05, 4.69) is 6.07 Å². The largest absolute Gasteiger partial charge is 0.492 e. The number of carbonyl (C=O) groups is 2. The Morgan fingerprint density at radius 1 is 1.03 bits per heavy atom. The van der Waals surface area contributed by atoms with Crippen molar-refractivity contribution in [2.75, 3.05) is 11.5 Å². The maximum atomic E-state index is 13.9. The number of anilines is 1. The van der Waals surface area contributed by atoms with Gasteiger partial charge in [0.2, 0.25) is 11.8 Å². The summed E-state index contributed by atoms with van der Waals surface area (Å²) in [6, 6.07) is 18.1. The van der Waals surface area contributed by atoms with E-state index in [4.69, 9.17) is 32.7 Å². The Bertz CT molecular complexity index is 1480. The predicted molar refractivity (Wildman–Crippen MR) is 136 cm³/mol. The number of ether oxygens (including phenoxy) is 2. The van der Waals surface area contributed by atoms with Crippen molar-refractivity contribution in [2.45, 2.75) is 37.4 Å². The number of fused-ring (bicyclic) bond motifs is 6. The molecule has 6 nitrogen and oxygen atoms in total. The fourth-order valence-corrected chi connectivity index (χ4v) is 6.70. The Kier molecular flexibility index (Phi) is 5.31. The number of carbonyl (C=O) groups excluding carboxylic acids is 2. The summed E-state index contributed by atoms with van der Waals surface area (Å²) in [5.74, 6) is -1.21. The summed E-state index contributed by atoms with van der Waals surface area (Å²) >= 11 is 12.4. The minimum Gasteiger partial charge on any atom is -0.492 e. The first-order chi connectivity index (χ1) is 17.3. The number of amides is 2. The monoisotopic (exact) mass is 520 g/mol. The molecule has 2 bridgehead atoms. The van der Waals surface area contributed by atoms with Crippen LogP contribution in [0.5, 0.6) is 5.75 Å². The molecule has 0 spiro atoms. The number of benzene rings is 3. The van der Waals surface area contributed by atoms with Gasteiger partial charge in [0, 0.05) is 17.2 Å². The molecule has 4 unspecified atom stereocenters. The van der Waals surface area contributed by atoms with Gasteiger partial charge in [-0.2, -0.15) is 5.26 Å². The first-order valence-electron chi connectivity index (χ1n) is 11.9. The number of hydrogen-bond donors (Lipinski definition) is 0. The molecule has 182 valence electrons. The standard InChI is InChI=1S/C28H22Cl2N2O4/c1-27-11-12-28(36-27,13-14-35-21-8-4-7-19(29)24(21)30)23-22(27)25(33)32(26(23)34)20-10-9-16(15-31)17-5-2-3-6-18(17)20/h2-10,22-23H,11-14H2,1H3. The lowest BCUT2D eigenvalue weighted by Crippen LogP contribution is -2.43. The van der Waals surface area contributed by atoms with Gasteiger partial charge in [-0.1, -0.05) is 53.5 Å². The van der Waals surface area contributed by atoms with Crippen molar-refractivity contribution in [1.29, 1.82) is 5.26 Å². The third-order valence-electron chi connectivity index (χ3n) is 7.97. The van der Waals surface area contributed by atoms with E-state index in [1.165, 1.54) is 4.90 Å². The van der Waals surface area contributed by atoms with E-state index in [0.29, 0.717) is 57.1 Å². The maximum Gasteiger partial charge on any atom is 0.240 e. The molecule has 36 heavy (non-hydrogen) atoms. The van der Waals surface area contributed by atoms with Crippen molar-refractivity contribution in [1.82, 2.24) is 0 Å². The van der Waals surface area contributed by atoms with Crippen LogP contribution in [0, 0.1) is 23.2 Å². The van der Waals surface area contributed by atoms with E-state index in [1.54, 1.807) is 30.3 Å². The quantitative estimate of drug-likeness (QED) is 0.390. The highest BCUT2D eigenvalue weighted by Gasteiger charge is 2.73. The van der Waals surface area contributed by atoms with E-state index in [1.807, 2.05) is 31.2 Å². The van der Waals surface area contributed by atoms with Gasteiger partial charge in [-0.15, -0.1) is 0 Å². The number of rotatable bonds is 5. The second-order valence-electron chi connectivity index (χ2n) is 9.89. The Morgan fingerprint density at radius 3 is 2.56 bits per heavy atom. The van der Waals surface area contributed by atoms with Crippen LogP contribution in [-0.2, 0) is 14.3 Å². The topological polar surface area (TPSA) is 79.6 Å². The molecule has 3 aromatic carbocycles. The smallest absolute Gasteiger partial charge is 0.240 e. The Morgan fingerprint density at radius 2 is 1.78 bits per heavy atom. The first kappa shape index (κ1) is 23.3. The SMILES string of the molecule is CC12CCC(CCOc3cccc(Cl)c3Cl)(O1)C1C(=O)N(c3ccc(C#N)c4ccccc34)C(=O)C12. The van der Waals surface area contributed by atoms with E-state index in [0.717, 1.165) is 0 Å². The molecule has 3 aliphatic rings. The van der Waals surface area contributed by atoms with Gasteiger partial charge in [0.05, 0.1) is 52.0 Å². The molecule has 3 saturated heterocycles. The number of nitriles is 1. The molecule has 3 aliphatic heterocycles. The summed E-state index contributed by atoms with van der Waals surface area (Å²) in [6.45, 7) is 2.19. The van der Waals surface area contributed by atoms with Crippen LogP contribution in [0.2, 0.25) is 10.0 Å². The summed E-state index contributed by atoms with van der Waals surface area (Å²) < 4.78 is 12.4. The molecule has 0 aliphatic carbocycles. The molecule has 8 heteroatoms. The zero-order valence-electron chi connectivity index (χ0n) is 19.5. The molecule has 3 aromatic rings. The maximum absolute atomic E-state index is 13.9. The van der Waals surface area contributed by atoms with Crippen LogP contribution < -0.4 is 9.64 Å². The fraction of sp³-hybridized carbons (Fsp3) is 0.321.